The summed E-state index contributed by atoms with van der Waals surface area (Å²) in [6.45, 7) is 4.33. The van der Waals surface area contributed by atoms with Crippen LogP contribution in [0, 0.1) is 5.92 Å². The van der Waals surface area contributed by atoms with Crippen LogP contribution in [0.2, 0.25) is 5.02 Å². The summed E-state index contributed by atoms with van der Waals surface area (Å²) in [5, 5.41) is 26.3. The van der Waals surface area contributed by atoms with Gasteiger partial charge in [0.1, 0.15) is 6.54 Å². The number of piperidine rings is 1. The van der Waals surface area contributed by atoms with E-state index in [-0.39, 0.29) is 30.3 Å². The van der Waals surface area contributed by atoms with Crippen LogP contribution in [0.3, 0.4) is 0 Å². The minimum absolute atomic E-state index is 0.0316. The van der Waals surface area contributed by atoms with Crippen LogP contribution in [-0.4, -0.2) is 91.9 Å². The van der Waals surface area contributed by atoms with Crippen LogP contribution in [0.25, 0.3) is 0 Å². The Morgan fingerprint density at radius 2 is 1.46 bits per heavy atom. The lowest BCUT2D eigenvalue weighted by molar-refractivity contribution is -0.134. The standard InChI is InChI=1S/C41H49ClN8O4/c42-34-17-15-33(16-18-34)41(54)19-21-47(22-20-41)27-35-28-50(46-45-35)29-36(51)48-23-25-49(26-24-48)38(31-11-5-2-6-12-31)37(30-9-3-1-4-10-30)43-40(53)44-39(52)32-13-7-8-14-32/h1-6,9-12,15-18,28,32,37-38,54H,7-8,13-14,19-27,29H2,(H2,43,44,52,53)/t37-,38+/m1/s1. The molecule has 2 atom stereocenters. The highest BCUT2D eigenvalue weighted by Gasteiger charge is 2.36. The Bertz CT molecular complexity index is 1850. The lowest BCUT2D eigenvalue weighted by atomic mass is 9.84. The van der Waals surface area contributed by atoms with Crippen LogP contribution in [-0.2, 0) is 28.3 Å². The molecule has 3 N–H and O–H groups in total. The number of imide groups is 1. The average molecular weight is 753 g/mol. The molecule has 13 heteroatoms. The van der Waals surface area contributed by atoms with Gasteiger partial charge < -0.3 is 15.3 Å². The second-order valence-electron chi connectivity index (χ2n) is 14.8. The Morgan fingerprint density at radius 1 is 0.833 bits per heavy atom. The van der Waals surface area contributed by atoms with Gasteiger partial charge in [-0.3, -0.25) is 24.7 Å². The van der Waals surface area contributed by atoms with Gasteiger partial charge in [-0.05, 0) is 54.5 Å². The number of halogens is 1. The second-order valence-corrected chi connectivity index (χ2v) is 15.3. The van der Waals surface area contributed by atoms with Crippen LogP contribution in [0.1, 0.15) is 73.0 Å². The largest absolute Gasteiger partial charge is 0.385 e. The molecule has 0 bridgehead atoms. The van der Waals surface area contributed by atoms with Crippen molar-refractivity contribution in [1.29, 1.82) is 0 Å². The van der Waals surface area contributed by atoms with Crippen LogP contribution in [0.5, 0.6) is 0 Å². The number of nitrogens with zero attached hydrogens (tertiary/aromatic N) is 6. The molecule has 7 rings (SSSR count). The maximum Gasteiger partial charge on any atom is 0.321 e. The molecule has 284 valence electrons. The highest BCUT2D eigenvalue weighted by molar-refractivity contribution is 6.30. The van der Waals surface area contributed by atoms with Crippen LogP contribution in [0.15, 0.2) is 91.1 Å². The van der Waals surface area contributed by atoms with Gasteiger partial charge >= 0.3 is 6.03 Å². The van der Waals surface area contributed by atoms with E-state index in [4.69, 9.17) is 11.6 Å². The van der Waals surface area contributed by atoms with Crippen molar-refractivity contribution in [3.05, 3.63) is 119 Å². The fourth-order valence-corrected chi connectivity index (χ4v) is 8.31. The molecule has 12 nitrogen and oxygen atoms in total. The molecule has 0 unspecified atom stereocenters. The van der Waals surface area contributed by atoms with Gasteiger partial charge in [-0.1, -0.05) is 102 Å². The van der Waals surface area contributed by atoms with Crippen molar-refractivity contribution < 1.29 is 19.5 Å². The fraction of sp³-hybridized carbons (Fsp3) is 0.439. The number of rotatable bonds is 11. The number of piperazine rings is 1. The molecule has 1 aromatic heterocycles. The molecule has 0 radical (unpaired) electrons. The Balaban J connectivity index is 0.960. The van der Waals surface area contributed by atoms with E-state index >= 15 is 0 Å². The molecule has 4 amide bonds. The summed E-state index contributed by atoms with van der Waals surface area (Å²) in [5.74, 6) is -0.366. The van der Waals surface area contributed by atoms with E-state index in [1.165, 1.54) is 0 Å². The average Bonchev–Trinajstić information content (AvgIpc) is 3.90. The highest BCUT2D eigenvalue weighted by Crippen LogP contribution is 2.36. The first-order chi connectivity index (χ1) is 26.2. The molecule has 3 aromatic carbocycles. The highest BCUT2D eigenvalue weighted by atomic mass is 35.5. The number of aliphatic hydroxyl groups is 1. The SMILES string of the molecule is O=C(NC(=O)C1CCCC1)N[C@H](c1ccccc1)[C@H](c1ccccc1)N1CCN(C(=O)Cn2cc(CN3CCC(O)(c4ccc(Cl)cc4)CC3)nn2)CC1. The first kappa shape index (κ1) is 37.7. The zero-order chi connectivity index (χ0) is 37.5. The summed E-state index contributed by atoms with van der Waals surface area (Å²) in [6, 6.07) is 26.2. The normalized spacial score (nSPS) is 19.3. The molecule has 3 aliphatic rings. The molecule has 54 heavy (non-hydrogen) atoms. The molecule has 3 fully saturated rings. The van der Waals surface area contributed by atoms with Crippen LogP contribution < -0.4 is 10.6 Å². The van der Waals surface area contributed by atoms with E-state index in [0.717, 1.165) is 48.1 Å². The van der Waals surface area contributed by atoms with Crippen molar-refractivity contribution in [1.82, 2.24) is 40.3 Å². The van der Waals surface area contributed by atoms with E-state index in [1.54, 1.807) is 4.68 Å². The number of carbonyl (C=O) groups excluding carboxylic acids is 3. The summed E-state index contributed by atoms with van der Waals surface area (Å²) in [4.78, 5) is 46.2. The van der Waals surface area contributed by atoms with Gasteiger partial charge in [0.05, 0.1) is 29.6 Å². The number of amides is 4. The van der Waals surface area contributed by atoms with Crippen LogP contribution in [0.4, 0.5) is 4.79 Å². The minimum Gasteiger partial charge on any atom is -0.385 e. The lowest BCUT2D eigenvalue weighted by Gasteiger charge is -2.42. The fourth-order valence-electron chi connectivity index (χ4n) is 8.18. The lowest BCUT2D eigenvalue weighted by Crippen LogP contribution is -2.53. The number of benzene rings is 3. The van der Waals surface area contributed by atoms with Gasteiger partial charge in [0.25, 0.3) is 0 Å². The number of nitrogens with one attached hydrogen (secondary N) is 2. The third-order valence-corrected chi connectivity index (χ3v) is 11.5. The van der Waals surface area contributed by atoms with Crippen molar-refractivity contribution in [3.63, 3.8) is 0 Å². The van der Waals surface area contributed by atoms with E-state index in [0.29, 0.717) is 63.7 Å². The predicted octanol–water partition coefficient (Wildman–Crippen LogP) is 5.06. The molecule has 2 saturated heterocycles. The number of aromatic nitrogens is 3. The van der Waals surface area contributed by atoms with Gasteiger partial charge in [-0.2, -0.15) is 0 Å². The molecule has 2 aliphatic heterocycles. The Labute approximate surface area is 321 Å². The maximum absolute atomic E-state index is 13.5. The molecular formula is C41H49ClN8O4. The molecular weight excluding hydrogens is 704 g/mol. The zero-order valence-corrected chi connectivity index (χ0v) is 31.3. The van der Waals surface area contributed by atoms with Gasteiger partial charge in [-0.15, -0.1) is 5.10 Å². The summed E-state index contributed by atoms with van der Waals surface area (Å²) in [5.41, 5.74) is 2.75. The van der Waals surface area contributed by atoms with E-state index < -0.39 is 17.7 Å². The Morgan fingerprint density at radius 3 is 2.11 bits per heavy atom. The van der Waals surface area contributed by atoms with Crippen molar-refractivity contribution in [3.8, 4) is 0 Å². The van der Waals surface area contributed by atoms with Crippen LogP contribution >= 0.6 is 11.6 Å². The smallest absolute Gasteiger partial charge is 0.321 e. The Hall–Kier alpha value is -4.62. The molecule has 1 aliphatic carbocycles. The van der Waals surface area contributed by atoms with Gasteiger partial charge in [0, 0.05) is 56.8 Å². The Kier molecular flexibility index (Phi) is 12.0. The number of likely N-dealkylation sites (tertiary alicyclic amines) is 1. The number of hydrogen-bond acceptors (Lipinski definition) is 8. The van der Waals surface area contributed by atoms with E-state index in [2.05, 4.69) is 42.9 Å². The predicted molar refractivity (Wildman–Crippen MR) is 205 cm³/mol. The minimum atomic E-state index is -0.876. The topological polar surface area (TPSA) is 136 Å². The maximum atomic E-state index is 13.5. The number of urea groups is 1. The van der Waals surface area contributed by atoms with Crippen molar-refractivity contribution in [2.24, 2.45) is 5.92 Å². The monoisotopic (exact) mass is 752 g/mol. The van der Waals surface area contributed by atoms with Gasteiger partial charge in [-0.25, -0.2) is 9.48 Å². The van der Waals surface area contributed by atoms with Crippen molar-refractivity contribution in [2.75, 3.05) is 39.3 Å². The summed E-state index contributed by atoms with van der Waals surface area (Å²) in [6.07, 6.45) is 6.68. The van der Waals surface area contributed by atoms with Gasteiger partial charge in [0.2, 0.25) is 11.8 Å². The molecule has 4 aromatic rings. The third kappa shape index (κ3) is 9.18. The second kappa shape index (κ2) is 17.2. The van der Waals surface area contributed by atoms with E-state index in [1.807, 2.05) is 83.9 Å². The summed E-state index contributed by atoms with van der Waals surface area (Å²) in [7, 11) is 0. The van der Waals surface area contributed by atoms with Crippen molar-refractivity contribution >= 4 is 29.4 Å². The quantitative estimate of drug-likeness (QED) is 0.194. The third-order valence-electron chi connectivity index (χ3n) is 11.3. The van der Waals surface area contributed by atoms with E-state index in [9.17, 15) is 19.5 Å². The first-order valence-corrected chi connectivity index (χ1v) is 19.4. The van der Waals surface area contributed by atoms with Gasteiger partial charge in [0.15, 0.2) is 0 Å². The molecule has 3 heterocycles. The summed E-state index contributed by atoms with van der Waals surface area (Å²) >= 11 is 6.04. The van der Waals surface area contributed by atoms with Crippen molar-refractivity contribution in [2.45, 2.75) is 69.3 Å². The zero-order valence-electron chi connectivity index (χ0n) is 30.5. The molecule has 1 saturated carbocycles. The molecule has 0 spiro atoms. The first-order valence-electron chi connectivity index (χ1n) is 19.1. The summed E-state index contributed by atoms with van der Waals surface area (Å²) < 4.78 is 1.60. The number of carbonyl (C=O) groups is 3. The number of hydrogen-bond donors (Lipinski definition) is 3.